The molecule has 3 N–H and O–H groups in total. The van der Waals surface area contributed by atoms with Crippen molar-refractivity contribution in [2.75, 3.05) is 0 Å². The molecule has 1 rings (SSSR count). The summed E-state index contributed by atoms with van der Waals surface area (Å²) in [5.74, 6) is 3.39. The Hall–Kier alpha value is -0.429. The molecule has 3 nitrogen and oxygen atoms in total. The molecule has 0 spiro atoms. The van der Waals surface area contributed by atoms with Crippen LogP contribution in [-0.4, -0.2) is 25.2 Å². The zero-order valence-corrected chi connectivity index (χ0v) is 16.4. The Balaban J connectivity index is 2.85. The molecule has 1 heterocycles. The van der Waals surface area contributed by atoms with Crippen LogP contribution in [0.15, 0.2) is 24.6 Å². The fourth-order valence-electron chi connectivity index (χ4n) is 2.64. The van der Waals surface area contributed by atoms with Crippen LogP contribution in [0.25, 0.3) is 0 Å². The minimum Gasteiger partial charge on any atom is -0.330 e. The van der Waals surface area contributed by atoms with Gasteiger partial charge in [-0.15, -0.1) is 19.1 Å². The molecule has 1 saturated heterocycles. The highest BCUT2D eigenvalue weighted by Crippen LogP contribution is 2.13. The Labute approximate surface area is 127 Å². The van der Waals surface area contributed by atoms with E-state index in [2.05, 4.69) is 76.5 Å². The topological polar surface area (TPSA) is 36.1 Å². The van der Waals surface area contributed by atoms with Gasteiger partial charge in [0.25, 0.3) is 8.40 Å². The van der Waals surface area contributed by atoms with Crippen molar-refractivity contribution in [3.05, 3.63) is 24.6 Å². The van der Waals surface area contributed by atoms with Gasteiger partial charge in [-0.25, -0.2) is 0 Å². The first-order valence-corrected chi connectivity index (χ1v) is 15.1. The maximum atomic E-state index is 4.01. The predicted molar refractivity (Wildman–Crippen MR) is 96.6 cm³/mol. The van der Waals surface area contributed by atoms with E-state index in [0.717, 1.165) is 6.42 Å². The Bertz CT molecular complexity index is 407. The molecule has 0 aromatic rings. The van der Waals surface area contributed by atoms with Gasteiger partial charge in [-0.3, -0.25) is 0 Å². The second-order valence-corrected chi connectivity index (χ2v) is 17.2. The lowest BCUT2D eigenvalue weighted by Crippen LogP contribution is -2.89. The second kappa shape index (κ2) is 7.02. The molecule has 20 heavy (non-hydrogen) atoms. The highest BCUT2D eigenvalue weighted by atomic mass is 28.5. The molecular weight excluding hydrogens is 294 g/mol. The van der Waals surface area contributed by atoms with E-state index in [1.807, 2.05) is 0 Å². The molecule has 0 bridgehead atoms. The van der Waals surface area contributed by atoms with Crippen molar-refractivity contribution in [2.24, 2.45) is 0 Å². The monoisotopic (exact) mass is 323 g/mol. The van der Waals surface area contributed by atoms with Crippen molar-refractivity contribution in [1.29, 1.82) is 0 Å². The van der Waals surface area contributed by atoms with Gasteiger partial charge in [0.1, 0.15) is 0 Å². The van der Waals surface area contributed by atoms with Crippen molar-refractivity contribution in [3.63, 3.8) is 0 Å². The molecular formula is C14H29N3Si3. The first-order chi connectivity index (χ1) is 9.30. The third kappa shape index (κ3) is 4.84. The van der Waals surface area contributed by atoms with E-state index < -0.39 is 25.2 Å². The molecule has 6 heteroatoms. The summed E-state index contributed by atoms with van der Waals surface area (Å²) in [6.07, 6.45) is 4.73. The average molecular weight is 324 g/mol. The third-order valence-electron chi connectivity index (χ3n) is 3.60. The fraction of sp³-hybridized carbons (Fsp3) is 0.571. The molecule has 0 amide bonds. The molecule has 1 aliphatic heterocycles. The number of rotatable bonds is 5. The van der Waals surface area contributed by atoms with Crippen LogP contribution in [0.1, 0.15) is 32.6 Å². The molecule has 1 aliphatic rings. The van der Waals surface area contributed by atoms with Crippen molar-refractivity contribution < 1.29 is 0 Å². The highest BCUT2D eigenvalue weighted by molar-refractivity contribution is 7.10. The van der Waals surface area contributed by atoms with Crippen molar-refractivity contribution in [2.45, 2.75) is 52.2 Å². The lowest BCUT2D eigenvalue weighted by atomic mass is 10.2. The standard InChI is InChI=1S/C14H29N3Si3/c1-7-10-11-12-13-14-20(6)16-18(4,8-2)15-19(5,9-3)17-20/h8-9,15-17H,2-3,7,10-12H2,1,4-6H3. The lowest BCUT2D eigenvalue weighted by Gasteiger charge is -2.48. The van der Waals surface area contributed by atoms with Gasteiger partial charge in [0.2, 0.25) is 16.8 Å². The Morgan fingerprint density at radius 2 is 1.50 bits per heavy atom. The summed E-state index contributed by atoms with van der Waals surface area (Å²) in [5, 5.41) is 0. The third-order valence-corrected chi connectivity index (χ3v) is 18.2. The van der Waals surface area contributed by atoms with Gasteiger partial charge in [0.05, 0.1) is 0 Å². The minimum absolute atomic E-state index is 1.01. The van der Waals surface area contributed by atoms with E-state index in [1.165, 1.54) is 19.3 Å². The van der Waals surface area contributed by atoms with Crippen molar-refractivity contribution >= 4 is 25.2 Å². The Morgan fingerprint density at radius 1 is 0.950 bits per heavy atom. The molecule has 0 saturated carbocycles. The quantitative estimate of drug-likeness (QED) is 0.413. The fourth-order valence-corrected chi connectivity index (χ4v) is 20.3. The van der Waals surface area contributed by atoms with Gasteiger partial charge >= 0.3 is 0 Å². The van der Waals surface area contributed by atoms with Crippen LogP contribution in [0, 0.1) is 11.5 Å². The van der Waals surface area contributed by atoms with Gasteiger partial charge in [-0.05, 0) is 26.1 Å². The SMILES string of the molecule is C=C[Si]1(C)N[Si](C)(C#CCCCCC)N[Si](C)(C=C)N1. The molecule has 0 aromatic heterocycles. The molecule has 0 aromatic carbocycles. The molecule has 1 fully saturated rings. The summed E-state index contributed by atoms with van der Waals surface area (Å²) in [4.78, 5) is 0. The summed E-state index contributed by atoms with van der Waals surface area (Å²) in [7, 11) is -5.61. The van der Waals surface area contributed by atoms with Crippen LogP contribution in [-0.2, 0) is 0 Å². The van der Waals surface area contributed by atoms with Gasteiger partial charge in [0.15, 0.2) is 0 Å². The van der Waals surface area contributed by atoms with E-state index in [9.17, 15) is 0 Å². The Kier molecular flexibility index (Phi) is 6.19. The van der Waals surface area contributed by atoms with Crippen LogP contribution in [0.3, 0.4) is 0 Å². The maximum absolute atomic E-state index is 4.01. The first-order valence-electron chi connectivity index (χ1n) is 7.45. The highest BCUT2D eigenvalue weighted by Gasteiger charge is 2.49. The second-order valence-electron chi connectivity index (χ2n) is 6.07. The molecule has 2 atom stereocenters. The Morgan fingerprint density at radius 3 is 1.95 bits per heavy atom. The minimum atomic E-state index is -1.95. The van der Waals surface area contributed by atoms with Crippen LogP contribution in [0.4, 0.5) is 0 Å². The van der Waals surface area contributed by atoms with Gasteiger partial charge in [-0.2, -0.15) is 0 Å². The van der Waals surface area contributed by atoms with Gasteiger partial charge in [0, 0.05) is 6.42 Å². The largest absolute Gasteiger partial charge is 0.330 e. The average Bonchev–Trinajstić information content (AvgIpc) is 2.37. The summed E-state index contributed by atoms with van der Waals surface area (Å²) >= 11 is 0. The summed E-state index contributed by atoms with van der Waals surface area (Å²) in [5.41, 5.74) is 7.69. The molecule has 112 valence electrons. The van der Waals surface area contributed by atoms with E-state index in [1.54, 1.807) is 0 Å². The number of hydrogen-bond acceptors (Lipinski definition) is 3. The van der Waals surface area contributed by atoms with E-state index >= 15 is 0 Å². The molecule has 0 radical (unpaired) electrons. The summed E-state index contributed by atoms with van der Waals surface area (Å²) in [6.45, 7) is 17.0. The predicted octanol–water partition coefficient (Wildman–Crippen LogP) is 2.56. The summed E-state index contributed by atoms with van der Waals surface area (Å²) in [6, 6.07) is 0. The maximum Gasteiger partial charge on any atom is 0.270 e. The zero-order valence-electron chi connectivity index (χ0n) is 13.4. The van der Waals surface area contributed by atoms with Crippen molar-refractivity contribution in [1.82, 2.24) is 13.9 Å². The summed E-state index contributed by atoms with van der Waals surface area (Å²) < 4.78 is 11.3. The number of unbranched alkanes of at least 4 members (excludes halogenated alkanes) is 3. The van der Waals surface area contributed by atoms with Crippen LogP contribution >= 0.6 is 0 Å². The lowest BCUT2D eigenvalue weighted by molar-refractivity contribution is 0.737. The van der Waals surface area contributed by atoms with Crippen LogP contribution < -0.4 is 13.9 Å². The van der Waals surface area contributed by atoms with Crippen molar-refractivity contribution in [3.8, 4) is 11.5 Å². The molecule has 2 unspecified atom stereocenters. The van der Waals surface area contributed by atoms with E-state index in [4.69, 9.17) is 0 Å². The van der Waals surface area contributed by atoms with Crippen LogP contribution in [0.2, 0.25) is 19.6 Å². The van der Waals surface area contributed by atoms with Crippen LogP contribution in [0.5, 0.6) is 0 Å². The normalized spacial score (nSPS) is 36.8. The van der Waals surface area contributed by atoms with E-state index in [-0.39, 0.29) is 0 Å². The number of nitrogens with one attached hydrogen (secondary N) is 3. The van der Waals surface area contributed by atoms with Gasteiger partial charge in [-0.1, -0.05) is 36.7 Å². The zero-order chi connectivity index (χ0) is 15.3. The first kappa shape index (κ1) is 17.6. The number of hydrogen-bond donors (Lipinski definition) is 3. The smallest absolute Gasteiger partial charge is 0.270 e. The van der Waals surface area contributed by atoms with Gasteiger partial charge < -0.3 is 13.9 Å². The molecule has 0 aliphatic carbocycles. The van der Waals surface area contributed by atoms with E-state index in [0.29, 0.717) is 0 Å².